The third-order valence-corrected chi connectivity index (χ3v) is 3.99. The molecule has 0 bridgehead atoms. The summed E-state index contributed by atoms with van der Waals surface area (Å²) in [5, 5.41) is 19.7. The number of aromatic carboxylic acids is 1. The maximum absolute atomic E-state index is 11.3. The van der Waals surface area contributed by atoms with Crippen molar-refractivity contribution in [1.29, 1.82) is 0 Å². The highest BCUT2D eigenvalue weighted by atomic mass is 16.7. The van der Waals surface area contributed by atoms with E-state index in [9.17, 15) is 15.0 Å². The summed E-state index contributed by atoms with van der Waals surface area (Å²) in [4.78, 5) is 11.3. The molecule has 6 nitrogen and oxygen atoms in total. The van der Waals surface area contributed by atoms with Crippen LogP contribution in [-0.4, -0.2) is 35.2 Å². The third kappa shape index (κ3) is 2.90. The first-order valence-electron chi connectivity index (χ1n) is 7.10. The normalized spacial score (nSPS) is 19.3. The van der Waals surface area contributed by atoms with Crippen LogP contribution in [-0.2, 0) is 0 Å². The maximum Gasteiger partial charge on any atom is 0.339 e. The van der Waals surface area contributed by atoms with Gasteiger partial charge in [0.05, 0.1) is 5.60 Å². The van der Waals surface area contributed by atoms with Gasteiger partial charge in [-0.3, -0.25) is 0 Å². The molecule has 1 aliphatic carbocycles. The predicted molar refractivity (Wildman–Crippen MR) is 73.1 cm³/mol. The van der Waals surface area contributed by atoms with Crippen LogP contribution in [0.25, 0.3) is 0 Å². The number of hydrogen-bond donors (Lipinski definition) is 2. The predicted octanol–water partition coefficient (Wildman–Crippen LogP) is 2.19. The molecule has 1 fully saturated rings. The van der Waals surface area contributed by atoms with Gasteiger partial charge in [0.2, 0.25) is 6.79 Å². The quantitative estimate of drug-likeness (QED) is 0.885. The van der Waals surface area contributed by atoms with E-state index in [2.05, 4.69) is 0 Å². The van der Waals surface area contributed by atoms with Gasteiger partial charge in [0.15, 0.2) is 11.5 Å². The standard InChI is InChI=1S/C15H18O6/c16-14(17)10-6-12-13(21-9-20-12)7-11(10)19-8-15(18)4-2-1-3-5-15/h6-7,18H,1-5,8-9H2,(H,16,17). The van der Waals surface area contributed by atoms with Crippen molar-refractivity contribution in [3.63, 3.8) is 0 Å². The molecule has 21 heavy (non-hydrogen) atoms. The largest absolute Gasteiger partial charge is 0.490 e. The van der Waals surface area contributed by atoms with Gasteiger partial charge in [0.1, 0.15) is 17.9 Å². The van der Waals surface area contributed by atoms with E-state index in [1.165, 1.54) is 12.1 Å². The Morgan fingerprint density at radius 1 is 1.19 bits per heavy atom. The van der Waals surface area contributed by atoms with Crippen LogP contribution in [0.2, 0.25) is 0 Å². The highest BCUT2D eigenvalue weighted by molar-refractivity contribution is 5.92. The topological polar surface area (TPSA) is 85.2 Å². The second-order valence-corrected chi connectivity index (χ2v) is 5.58. The van der Waals surface area contributed by atoms with Crippen LogP contribution < -0.4 is 14.2 Å². The second kappa shape index (κ2) is 5.44. The van der Waals surface area contributed by atoms with Gasteiger partial charge in [-0.2, -0.15) is 0 Å². The molecule has 1 aliphatic heterocycles. The zero-order chi connectivity index (χ0) is 14.9. The van der Waals surface area contributed by atoms with Gasteiger partial charge in [-0.15, -0.1) is 0 Å². The molecule has 0 unspecified atom stereocenters. The monoisotopic (exact) mass is 294 g/mol. The molecular formula is C15H18O6. The zero-order valence-electron chi connectivity index (χ0n) is 11.6. The number of carboxylic acids is 1. The summed E-state index contributed by atoms with van der Waals surface area (Å²) in [6.45, 7) is 0.161. The van der Waals surface area contributed by atoms with Crippen LogP contribution in [0.15, 0.2) is 12.1 Å². The number of carbonyl (C=O) groups is 1. The summed E-state index contributed by atoms with van der Waals surface area (Å²) < 4.78 is 16.0. The lowest BCUT2D eigenvalue weighted by atomic mass is 9.85. The Kier molecular flexibility index (Phi) is 3.63. The number of fused-ring (bicyclic) bond motifs is 1. The lowest BCUT2D eigenvalue weighted by molar-refractivity contribution is -0.0342. The summed E-state index contributed by atoms with van der Waals surface area (Å²) in [6, 6.07) is 2.91. The maximum atomic E-state index is 11.3. The highest BCUT2D eigenvalue weighted by Crippen LogP contribution is 2.39. The van der Waals surface area contributed by atoms with E-state index in [0.717, 1.165) is 19.3 Å². The molecule has 6 heteroatoms. The minimum absolute atomic E-state index is 0.0126. The average molecular weight is 294 g/mol. The van der Waals surface area contributed by atoms with Gasteiger partial charge in [-0.25, -0.2) is 4.79 Å². The molecule has 0 amide bonds. The van der Waals surface area contributed by atoms with Crippen LogP contribution in [0, 0.1) is 0 Å². The Balaban J connectivity index is 1.79. The minimum Gasteiger partial charge on any atom is -0.490 e. The van der Waals surface area contributed by atoms with Crippen molar-refractivity contribution in [2.75, 3.05) is 13.4 Å². The SMILES string of the molecule is O=C(O)c1cc2c(cc1OCC1(O)CCCCC1)OCO2. The number of aliphatic hydroxyl groups is 1. The van der Waals surface area contributed by atoms with Crippen LogP contribution >= 0.6 is 0 Å². The first-order chi connectivity index (χ1) is 10.1. The van der Waals surface area contributed by atoms with E-state index in [1.54, 1.807) is 0 Å². The van der Waals surface area contributed by atoms with E-state index >= 15 is 0 Å². The molecule has 2 N–H and O–H groups in total. The number of ether oxygens (including phenoxy) is 3. The molecule has 0 saturated heterocycles. The molecule has 0 spiro atoms. The Morgan fingerprint density at radius 3 is 2.52 bits per heavy atom. The summed E-state index contributed by atoms with van der Waals surface area (Å²) >= 11 is 0. The van der Waals surface area contributed by atoms with Gasteiger partial charge in [0, 0.05) is 12.1 Å². The van der Waals surface area contributed by atoms with E-state index in [1.807, 2.05) is 0 Å². The Bertz CT molecular complexity index is 547. The van der Waals surface area contributed by atoms with E-state index in [4.69, 9.17) is 14.2 Å². The third-order valence-electron chi connectivity index (χ3n) is 3.99. The Labute approximate surface area is 122 Å². The van der Waals surface area contributed by atoms with Crippen molar-refractivity contribution in [2.24, 2.45) is 0 Å². The van der Waals surface area contributed by atoms with Crippen LogP contribution in [0.3, 0.4) is 0 Å². The van der Waals surface area contributed by atoms with Crippen LogP contribution in [0.1, 0.15) is 42.5 Å². The summed E-state index contributed by atoms with van der Waals surface area (Å²) in [7, 11) is 0. The van der Waals surface area contributed by atoms with Gasteiger partial charge in [-0.1, -0.05) is 19.3 Å². The summed E-state index contributed by atoms with van der Waals surface area (Å²) in [5.41, 5.74) is -0.858. The van der Waals surface area contributed by atoms with Gasteiger partial charge >= 0.3 is 5.97 Å². The molecule has 1 saturated carbocycles. The fourth-order valence-corrected chi connectivity index (χ4v) is 2.78. The van der Waals surface area contributed by atoms with Gasteiger partial charge < -0.3 is 24.4 Å². The number of benzene rings is 1. The fourth-order valence-electron chi connectivity index (χ4n) is 2.78. The number of hydrogen-bond acceptors (Lipinski definition) is 5. The second-order valence-electron chi connectivity index (χ2n) is 5.58. The van der Waals surface area contributed by atoms with Crippen molar-refractivity contribution in [1.82, 2.24) is 0 Å². The molecule has 0 atom stereocenters. The van der Waals surface area contributed by atoms with Crippen LogP contribution in [0.4, 0.5) is 0 Å². The molecule has 114 valence electrons. The van der Waals surface area contributed by atoms with Crippen molar-refractivity contribution < 1.29 is 29.2 Å². The van der Waals surface area contributed by atoms with Gasteiger partial charge in [0.25, 0.3) is 0 Å². The van der Waals surface area contributed by atoms with Crippen molar-refractivity contribution in [3.05, 3.63) is 17.7 Å². The fraction of sp³-hybridized carbons (Fsp3) is 0.533. The lowest BCUT2D eigenvalue weighted by Gasteiger charge is -2.31. The smallest absolute Gasteiger partial charge is 0.339 e. The lowest BCUT2D eigenvalue weighted by Crippen LogP contribution is -2.38. The molecule has 1 aromatic carbocycles. The summed E-state index contributed by atoms with van der Waals surface area (Å²) in [6.07, 6.45) is 4.41. The average Bonchev–Trinajstić information content (AvgIpc) is 2.92. The number of carboxylic acid groups (broad SMARTS) is 1. The molecule has 0 aromatic heterocycles. The van der Waals surface area contributed by atoms with E-state index in [0.29, 0.717) is 24.3 Å². The molecular weight excluding hydrogens is 276 g/mol. The Hall–Kier alpha value is -1.95. The molecule has 1 aromatic rings. The number of rotatable bonds is 4. The first-order valence-corrected chi connectivity index (χ1v) is 7.10. The van der Waals surface area contributed by atoms with E-state index < -0.39 is 11.6 Å². The van der Waals surface area contributed by atoms with Crippen molar-refractivity contribution in [3.8, 4) is 17.2 Å². The highest BCUT2D eigenvalue weighted by Gasteiger charge is 2.31. The molecule has 2 aliphatic rings. The Morgan fingerprint density at radius 2 is 1.86 bits per heavy atom. The first kappa shape index (κ1) is 14.0. The van der Waals surface area contributed by atoms with Crippen LogP contribution in [0.5, 0.6) is 17.2 Å². The molecule has 1 heterocycles. The molecule has 3 rings (SSSR count). The minimum atomic E-state index is -1.10. The molecule has 0 radical (unpaired) electrons. The van der Waals surface area contributed by atoms with Crippen molar-refractivity contribution in [2.45, 2.75) is 37.7 Å². The van der Waals surface area contributed by atoms with Crippen molar-refractivity contribution >= 4 is 5.97 Å². The zero-order valence-corrected chi connectivity index (χ0v) is 11.6. The summed E-state index contributed by atoms with van der Waals surface area (Å²) in [5.74, 6) is -0.0357. The van der Waals surface area contributed by atoms with Gasteiger partial charge in [-0.05, 0) is 12.8 Å². The van der Waals surface area contributed by atoms with E-state index in [-0.39, 0.29) is 24.7 Å².